The molecule has 0 saturated heterocycles. The number of hydrogen-bond donors (Lipinski definition) is 2. The van der Waals surface area contributed by atoms with Gasteiger partial charge in [-0.05, 0) is 74.1 Å². The van der Waals surface area contributed by atoms with Crippen molar-refractivity contribution in [2.45, 2.75) is 43.9 Å². The average Bonchev–Trinajstić information content (AvgIpc) is 2.96. The van der Waals surface area contributed by atoms with Crippen molar-refractivity contribution in [3.63, 3.8) is 0 Å². The fourth-order valence-electron chi connectivity index (χ4n) is 4.71. The van der Waals surface area contributed by atoms with E-state index < -0.39 is 21.9 Å². The summed E-state index contributed by atoms with van der Waals surface area (Å²) >= 11 is 0. The lowest BCUT2D eigenvalue weighted by molar-refractivity contribution is -0.134. The van der Waals surface area contributed by atoms with E-state index in [1.807, 2.05) is 26.1 Å². The van der Waals surface area contributed by atoms with Gasteiger partial charge in [-0.15, -0.1) is 0 Å². The third-order valence-corrected chi connectivity index (χ3v) is 8.38. The molecule has 1 aliphatic rings. The lowest BCUT2D eigenvalue weighted by Gasteiger charge is -2.34. The van der Waals surface area contributed by atoms with Crippen molar-refractivity contribution in [2.75, 3.05) is 31.5 Å². The zero-order valence-electron chi connectivity index (χ0n) is 22.8. The fraction of sp³-hybridized carbons (Fsp3) is 0.379. The van der Waals surface area contributed by atoms with Crippen LogP contribution in [0.2, 0.25) is 0 Å². The summed E-state index contributed by atoms with van der Waals surface area (Å²) < 4.78 is 48.1. The van der Waals surface area contributed by atoms with E-state index in [-0.39, 0.29) is 41.5 Å². The Hall–Kier alpha value is -3.54. The minimum Gasteiger partial charge on any atom is -0.488 e. The molecule has 4 rings (SSSR count). The second-order valence-corrected chi connectivity index (χ2v) is 12.0. The quantitative estimate of drug-likeness (QED) is 0.406. The molecule has 2 heterocycles. The molecule has 0 spiro atoms. The number of anilines is 1. The molecule has 2 aromatic carbocycles. The van der Waals surface area contributed by atoms with Crippen LogP contribution in [0.5, 0.6) is 5.75 Å². The first kappa shape index (κ1) is 29.4. The highest BCUT2D eigenvalue weighted by Gasteiger charge is 2.31. The van der Waals surface area contributed by atoms with Crippen molar-refractivity contribution >= 4 is 21.6 Å². The summed E-state index contributed by atoms with van der Waals surface area (Å²) in [5.41, 5.74) is 1.88. The van der Waals surface area contributed by atoms with Gasteiger partial charge >= 0.3 is 0 Å². The zero-order chi connectivity index (χ0) is 28.9. The number of carbonyl (C=O) groups excluding carboxylic acids is 1. The molecular weight excluding hydrogens is 535 g/mol. The smallest absolute Gasteiger partial charge is 0.261 e. The van der Waals surface area contributed by atoms with Gasteiger partial charge in [0, 0.05) is 49.2 Å². The van der Waals surface area contributed by atoms with Gasteiger partial charge in [-0.3, -0.25) is 19.4 Å². The minimum atomic E-state index is -3.98. The van der Waals surface area contributed by atoms with Crippen LogP contribution in [0.15, 0.2) is 71.9 Å². The Bertz CT molecular complexity index is 1410. The van der Waals surface area contributed by atoms with Crippen molar-refractivity contribution < 1.29 is 27.4 Å². The molecule has 1 aliphatic heterocycles. The van der Waals surface area contributed by atoms with Gasteiger partial charge < -0.3 is 14.7 Å². The summed E-state index contributed by atoms with van der Waals surface area (Å²) in [5, 5.41) is 9.85. The minimum absolute atomic E-state index is 0.0297. The SMILES string of the molecule is C[C@@H]1CN([C@@H](C)CO)C(=O)Cc2cc(NS(=O)(=O)c3ccc(F)cc3)ccc2O[C@H]1CN(C)Cc1ccncc1. The lowest BCUT2D eigenvalue weighted by Crippen LogP contribution is -2.47. The number of sulfonamides is 1. The molecule has 0 radical (unpaired) electrons. The van der Waals surface area contributed by atoms with Gasteiger partial charge in [0.25, 0.3) is 10.0 Å². The Balaban J connectivity index is 1.63. The third kappa shape index (κ3) is 7.35. The number of aliphatic hydroxyl groups is 1. The van der Waals surface area contributed by atoms with Crippen molar-refractivity contribution in [3.05, 3.63) is 83.9 Å². The summed E-state index contributed by atoms with van der Waals surface area (Å²) in [6.45, 7) is 5.27. The van der Waals surface area contributed by atoms with E-state index in [9.17, 15) is 22.7 Å². The molecule has 1 amide bonds. The second kappa shape index (κ2) is 12.8. The van der Waals surface area contributed by atoms with E-state index in [4.69, 9.17) is 4.74 Å². The average molecular weight is 571 g/mol. The number of aromatic nitrogens is 1. The number of benzene rings is 2. The molecule has 3 aromatic rings. The number of halogens is 1. The molecule has 0 bridgehead atoms. The first-order valence-corrected chi connectivity index (χ1v) is 14.6. The number of aliphatic hydroxyl groups excluding tert-OH is 1. The van der Waals surface area contributed by atoms with E-state index in [1.165, 1.54) is 12.1 Å². The Morgan fingerprint density at radius 2 is 1.88 bits per heavy atom. The number of ether oxygens (including phenoxy) is 1. The summed E-state index contributed by atoms with van der Waals surface area (Å²) in [5.74, 6) is -0.308. The first-order chi connectivity index (χ1) is 19.1. The van der Waals surface area contributed by atoms with E-state index in [0.29, 0.717) is 30.9 Å². The molecule has 214 valence electrons. The monoisotopic (exact) mass is 570 g/mol. The first-order valence-electron chi connectivity index (χ1n) is 13.1. The third-order valence-electron chi connectivity index (χ3n) is 6.99. The van der Waals surface area contributed by atoms with E-state index >= 15 is 0 Å². The normalized spacial score (nSPS) is 18.8. The Morgan fingerprint density at radius 3 is 2.55 bits per heavy atom. The van der Waals surface area contributed by atoms with Gasteiger partial charge in [0.1, 0.15) is 17.7 Å². The molecule has 11 heteroatoms. The van der Waals surface area contributed by atoms with Gasteiger partial charge in [0.15, 0.2) is 0 Å². The van der Waals surface area contributed by atoms with Gasteiger partial charge in [-0.2, -0.15) is 0 Å². The number of hydrogen-bond acceptors (Lipinski definition) is 7. The van der Waals surface area contributed by atoms with Crippen molar-refractivity contribution in [2.24, 2.45) is 5.92 Å². The van der Waals surface area contributed by atoms with Gasteiger partial charge in [-0.25, -0.2) is 12.8 Å². The Morgan fingerprint density at radius 1 is 1.18 bits per heavy atom. The van der Waals surface area contributed by atoms with E-state index in [1.54, 1.807) is 42.4 Å². The number of amides is 1. The highest BCUT2D eigenvalue weighted by molar-refractivity contribution is 7.92. The van der Waals surface area contributed by atoms with Crippen LogP contribution >= 0.6 is 0 Å². The van der Waals surface area contributed by atoms with Crippen LogP contribution in [0.4, 0.5) is 10.1 Å². The maximum Gasteiger partial charge on any atom is 0.261 e. The Labute approximate surface area is 234 Å². The van der Waals surface area contributed by atoms with Crippen LogP contribution < -0.4 is 9.46 Å². The number of likely N-dealkylation sites (N-methyl/N-ethyl adjacent to an activating group) is 1. The van der Waals surface area contributed by atoms with Crippen molar-refractivity contribution in [1.82, 2.24) is 14.8 Å². The Kier molecular flexibility index (Phi) is 9.39. The van der Waals surface area contributed by atoms with Crippen LogP contribution in [0, 0.1) is 11.7 Å². The lowest BCUT2D eigenvalue weighted by atomic mass is 10.0. The highest BCUT2D eigenvalue weighted by atomic mass is 32.2. The predicted octanol–water partition coefficient (Wildman–Crippen LogP) is 3.30. The number of nitrogens with one attached hydrogen (secondary N) is 1. The summed E-state index contributed by atoms with van der Waals surface area (Å²) in [4.78, 5) is 21.2. The maximum absolute atomic E-state index is 13.4. The molecular formula is C29H35FN4O5S. The van der Waals surface area contributed by atoms with E-state index in [0.717, 1.165) is 17.7 Å². The molecule has 40 heavy (non-hydrogen) atoms. The molecule has 1 aromatic heterocycles. The topological polar surface area (TPSA) is 112 Å². The van der Waals surface area contributed by atoms with Gasteiger partial charge in [-0.1, -0.05) is 6.92 Å². The summed E-state index contributed by atoms with van der Waals surface area (Å²) in [7, 11) is -1.99. The molecule has 0 aliphatic carbocycles. The van der Waals surface area contributed by atoms with Crippen LogP contribution in [0.3, 0.4) is 0 Å². The molecule has 2 N–H and O–H groups in total. The van der Waals surface area contributed by atoms with Crippen LogP contribution in [-0.2, 0) is 27.8 Å². The molecule has 9 nitrogen and oxygen atoms in total. The fourth-order valence-corrected chi connectivity index (χ4v) is 5.76. The second-order valence-electron chi connectivity index (χ2n) is 10.3. The highest BCUT2D eigenvalue weighted by Crippen LogP contribution is 2.30. The molecule has 3 atom stereocenters. The molecule has 0 saturated carbocycles. The number of rotatable bonds is 9. The van der Waals surface area contributed by atoms with Gasteiger partial charge in [0.05, 0.1) is 24.0 Å². The maximum atomic E-state index is 13.4. The standard InChI is InChI=1S/C29H35FN4O5S/c1-20-16-34(21(2)19-35)29(36)15-23-14-25(32-40(37,38)26-7-4-24(30)5-8-26)6-9-27(23)39-28(20)18-33(3)17-22-10-12-31-13-11-22/h4-14,20-21,28,32,35H,15-19H2,1-3H3/t20-,21+,28+/m1/s1. The zero-order valence-corrected chi connectivity index (χ0v) is 23.6. The number of carbonyl (C=O) groups is 1. The largest absolute Gasteiger partial charge is 0.488 e. The van der Waals surface area contributed by atoms with Crippen LogP contribution in [-0.4, -0.2) is 73.1 Å². The number of pyridine rings is 1. The summed E-state index contributed by atoms with van der Waals surface area (Å²) in [6, 6.07) is 12.9. The van der Waals surface area contributed by atoms with Gasteiger partial charge in [0.2, 0.25) is 5.91 Å². The van der Waals surface area contributed by atoms with Crippen LogP contribution in [0.25, 0.3) is 0 Å². The van der Waals surface area contributed by atoms with Crippen molar-refractivity contribution in [1.29, 1.82) is 0 Å². The predicted molar refractivity (Wildman–Crippen MR) is 150 cm³/mol. The number of nitrogens with zero attached hydrogens (tertiary/aromatic N) is 3. The molecule has 0 unspecified atom stereocenters. The molecule has 0 fully saturated rings. The van der Waals surface area contributed by atoms with E-state index in [2.05, 4.69) is 14.6 Å². The van der Waals surface area contributed by atoms with Crippen LogP contribution in [0.1, 0.15) is 25.0 Å². The van der Waals surface area contributed by atoms with Crippen molar-refractivity contribution in [3.8, 4) is 5.75 Å². The summed E-state index contributed by atoms with van der Waals surface area (Å²) in [6.07, 6.45) is 3.17. The number of fused-ring (bicyclic) bond motifs is 1.